The van der Waals surface area contributed by atoms with Crippen LogP contribution in [0, 0.1) is 13.8 Å². The van der Waals surface area contributed by atoms with E-state index in [9.17, 15) is 26.7 Å². The van der Waals surface area contributed by atoms with E-state index in [1.165, 1.54) is 42.5 Å². The van der Waals surface area contributed by atoms with E-state index in [0.29, 0.717) is 16.9 Å². The Labute approximate surface area is 197 Å². The van der Waals surface area contributed by atoms with E-state index in [0.717, 1.165) is 7.11 Å². The van der Waals surface area contributed by atoms with E-state index in [1.807, 2.05) is 0 Å². The quantitative estimate of drug-likeness (QED) is 0.444. The smallest absolute Gasteiger partial charge is 0.322 e. The van der Waals surface area contributed by atoms with E-state index in [-0.39, 0.29) is 21.2 Å². The fraction of sp³-hybridized carbons (Fsp3) is 0.174. The third-order valence-electron chi connectivity index (χ3n) is 4.76. The number of carbonyl (C=O) groups is 1. The van der Waals surface area contributed by atoms with Crippen molar-refractivity contribution in [2.45, 2.75) is 23.6 Å². The van der Waals surface area contributed by atoms with Gasteiger partial charge in [0.05, 0.1) is 12.0 Å². The van der Waals surface area contributed by atoms with Gasteiger partial charge in [-0.2, -0.15) is 0 Å². The number of sulfonamides is 1. The Morgan fingerprint density at radius 3 is 2.15 bits per heavy atom. The lowest BCUT2D eigenvalue weighted by Gasteiger charge is -2.16. The molecule has 11 heteroatoms. The first-order chi connectivity index (χ1) is 15.9. The average molecular weight is 506 g/mol. The number of sulfone groups is 1. The van der Waals surface area contributed by atoms with E-state index in [4.69, 9.17) is 4.74 Å². The number of nitrogens with one attached hydrogen (secondary N) is 1. The maximum absolute atomic E-state index is 13.0. The van der Waals surface area contributed by atoms with Crippen molar-refractivity contribution in [3.05, 3.63) is 71.8 Å². The predicted octanol–water partition coefficient (Wildman–Crippen LogP) is 3.55. The van der Waals surface area contributed by atoms with Gasteiger partial charge in [-0.15, -0.1) is 0 Å². The topological polar surface area (TPSA) is 136 Å². The molecule has 3 rings (SSSR count). The largest absolute Gasteiger partial charge is 0.507 e. The Bertz CT molecular complexity index is 1410. The molecule has 0 unspecified atom stereocenters. The van der Waals surface area contributed by atoms with Crippen molar-refractivity contribution in [1.82, 2.24) is 0 Å². The second-order valence-corrected chi connectivity index (χ2v) is 11.1. The lowest BCUT2D eigenvalue weighted by molar-refractivity contribution is -0.137. The van der Waals surface area contributed by atoms with Crippen LogP contribution in [0.3, 0.4) is 0 Å². The SMILES string of the molecule is COC(=O)CS(=O)(=O)Nc1cc(C)c(Oc2ccc(O)c(S(=O)(=O)c3ccccc3)c2)c(C)c1. The van der Waals surface area contributed by atoms with Crippen LogP contribution in [0.1, 0.15) is 11.1 Å². The summed E-state index contributed by atoms with van der Waals surface area (Å²) in [5, 5.41) is 10.2. The number of hydrogen-bond acceptors (Lipinski definition) is 8. The summed E-state index contributed by atoms with van der Waals surface area (Å²) in [6.45, 7) is 3.37. The van der Waals surface area contributed by atoms with Crippen LogP contribution >= 0.6 is 0 Å². The van der Waals surface area contributed by atoms with Crippen LogP contribution < -0.4 is 9.46 Å². The van der Waals surface area contributed by atoms with Gasteiger partial charge in [0.2, 0.25) is 19.9 Å². The van der Waals surface area contributed by atoms with Gasteiger partial charge >= 0.3 is 5.97 Å². The van der Waals surface area contributed by atoms with Crippen molar-refractivity contribution in [3.8, 4) is 17.2 Å². The van der Waals surface area contributed by atoms with Gasteiger partial charge < -0.3 is 14.6 Å². The number of ether oxygens (including phenoxy) is 2. The molecule has 0 aliphatic heterocycles. The van der Waals surface area contributed by atoms with Gasteiger partial charge in [-0.3, -0.25) is 9.52 Å². The number of esters is 1. The first-order valence-corrected chi connectivity index (χ1v) is 13.1. The molecular weight excluding hydrogens is 482 g/mol. The summed E-state index contributed by atoms with van der Waals surface area (Å²) < 4.78 is 62.8. The van der Waals surface area contributed by atoms with Gasteiger partial charge in [-0.1, -0.05) is 18.2 Å². The zero-order valence-electron chi connectivity index (χ0n) is 18.6. The van der Waals surface area contributed by atoms with E-state index < -0.39 is 37.3 Å². The number of phenolic OH excluding ortho intramolecular Hbond substituents is 1. The first-order valence-electron chi connectivity index (χ1n) is 9.92. The van der Waals surface area contributed by atoms with Crippen molar-refractivity contribution in [1.29, 1.82) is 0 Å². The number of anilines is 1. The normalized spacial score (nSPS) is 11.6. The molecule has 0 aromatic heterocycles. The Morgan fingerprint density at radius 2 is 1.56 bits per heavy atom. The van der Waals surface area contributed by atoms with Crippen LogP contribution in [0.4, 0.5) is 5.69 Å². The number of benzene rings is 3. The molecule has 0 atom stereocenters. The molecule has 3 aromatic rings. The zero-order valence-corrected chi connectivity index (χ0v) is 20.2. The van der Waals surface area contributed by atoms with Crippen molar-refractivity contribution in [3.63, 3.8) is 0 Å². The second-order valence-electron chi connectivity index (χ2n) is 7.42. The van der Waals surface area contributed by atoms with Gasteiger partial charge in [0.1, 0.15) is 22.1 Å². The Morgan fingerprint density at radius 1 is 0.941 bits per heavy atom. The van der Waals surface area contributed by atoms with Crippen LogP contribution in [0.2, 0.25) is 0 Å². The maximum atomic E-state index is 13.0. The van der Waals surface area contributed by atoms with Crippen molar-refractivity contribution >= 4 is 31.5 Å². The fourth-order valence-corrected chi connectivity index (χ4v) is 5.58. The molecule has 0 heterocycles. The first kappa shape index (κ1) is 25.1. The number of hydrogen-bond donors (Lipinski definition) is 2. The average Bonchev–Trinajstić information content (AvgIpc) is 2.77. The minimum Gasteiger partial charge on any atom is -0.507 e. The minimum atomic E-state index is -3.99. The molecule has 34 heavy (non-hydrogen) atoms. The third kappa shape index (κ3) is 5.67. The Balaban J connectivity index is 1.91. The lowest BCUT2D eigenvalue weighted by atomic mass is 10.1. The van der Waals surface area contributed by atoms with Gasteiger partial charge in [-0.05, 0) is 61.4 Å². The van der Waals surface area contributed by atoms with Crippen molar-refractivity contribution in [2.75, 3.05) is 17.6 Å². The molecule has 3 aromatic carbocycles. The number of aromatic hydroxyl groups is 1. The molecule has 0 aliphatic carbocycles. The molecule has 2 N–H and O–H groups in total. The summed E-state index contributed by atoms with van der Waals surface area (Å²) in [6.07, 6.45) is 0. The maximum Gasteiger partial charge on any atom is 0.322 e. The molecule has 0 amide bonds. The Hall–Kier alpha value is -3.57. The molecule has 0 fully saturated rings. The van der Waals surface area contributed by atoms with Gasteiger partial charge in [0.15, 0.2) is 5.75 Å². The number of rotatable bonds is 8. The lowest BCUT2D eigenvalue weighted by Crippen LogP contribution is -2.23. The molecule has 0 aliphatic rings. The van der Waals surface area contributed by atoms with Gasteiger partial charge in [0.25, 0.3) is 0 Å². The second kappa shape index (κ2) is 9.74. The Kier molecular flexibility index (Phi) is 7.18. The summed E-state index contributed by atoms with van der Waals surface area (Å²) in [7, 11) is -6.86. The summed E-state index contributed by atoms with van der Waals surface area (Å²) in [5.74, 6) is -1.59. The number of methoxy groups -OCH3 is 1. The molecule has 9 nitrogen and oxygen atoms in total. The monoisotopic (exact) mass is 505 g/mol. The van der Waals surface area contributed by atoms with Crippen LogP contribution in [-0.2, 0) is 29.4 Å². The van der Waals surface area contributed by atoms with Gasteiger partial charge in [0, 0.05) is 11.8 Å². The third-order valence-corrected chi connectivity index (χ3v) is 7.72. The minimum absolute atomic E-state index is 0.0263. The highest BCUT2D eigenvalue weighted by Gasteiger charge is 2.23. The predicted molar refractivity (Wildman–Crippen MR) is 125 cm³/mol. The van der Waals surface area contributed by atoms with Crippen LogP contribution in [0.15, 0.2) is 70.5 Å². The van der Waals surface area contributed by atoms with Crippen molar-refractivity contribution < 1.29 is 36.2 Å². The van der Waals surface area contributed by atoms with Crippen LogP contribution in [-0.4, -0.2) is 40.8 Å². The van der Waals surface area contributed by atoms with E-state index >= 15 is 0 Å². The van der Waals surface area contributed by atoms with Crippen LogP contribution in [0.5, 0.6) is 17.2 Å². The van der Waals surface area contributed by atoms with Crippen LogP contribution in [0.25, 0.3) is 0 Å². The molecule has 0 bridgehead atoms. The van der Waals surface area contributed by atoms with Gasteiger partial charge in [-0.25, -0.2) is 16.8 Å². The zero-order chi connectivity index (χ0) is 25.1. The molecule has 0 saturated heterocycles. The number of carbonyl (C=O) groups excluding carboxylic acids is 1. The molecular formula is C23H23NO8S2. The summed E-state index contributed by atoms with van der Waals surface area (Å²) in [6, 6.07) is 14.6. The standard InChI is InChI=1S/C23H23NO8S2/c1-15-11-17(24-33(27,28)14-22(26)31-3)12-16(2)23(15)32-18-9-10-20(25)21(13-18)34(29,30)19-7-5-4-6-8-19/h4-13,24-25H,14H2,1-3H3. The molecule has 0 spiro atoms. The summed E-state index contributed by atoms with van der Waals surface area (Å²) >= 11 is 0. The van der Waals surface area contributed by atoms with E-state index in [1.54, 1.807) is 32.0 Å². The molecule has 180 valence electrons. The highest BCUT2D eigenvalue weighted by atomic mass is 32.2. The number of aryl methyl sites for hydroxylation is 2. The molecule has 0 saturated carbocycles. The molecule has 0 radical (unpaired) electrons. The number of phenols is 1. The highest BCUT2D eigenvalue weighted by Crippen LogP contribution is 2.36. The van der Waals surface area contributed by atoms with E-state index in [2.05, 4.69) is 9.46 Å². The highest BCUT2D eigenvalue weighted by molar-refractivity contribution is 7.93. The summed E-state index contributed by atoms with van der Waals surface area (Å²) in [5.41, 5.74) is 1.33. The van der Waals surface area contributed by atoms with Crippen molar-refractivity contribution in [2.24, 2.45) is 0 Å². The summed E-state index contributed by atoms with van der Waals surface area (Å²) in [4.78, 5) is 11.0. The fourth-order valence-electron chi connectivity index (χ4n) is 3.22.